The molecule has 0 fully saturated rings. The van der Waals surface area contributed by atoms with Crippen molar-refractivity contribution in [2.75, 3.05) is 5.32 Å². The summed E-state index contributed by atoms with van der Waals surface area (Å²) in [6.07, 6.45) is 1.34. The van der Waals surface area contributed by atoms with Crippen LogP contribution in [0.25, 0.3) is 10.9 Å². The minimum absolute atomic E-state index is 0.0139. The molecule has 0 aliphatic carbocycles. The normalized spacial score (nSPS) is 9.06. The van der Waals surface area contributed by atoms with E-state index >= 15 is 0 Å². The zero-order chi connectivity index (χ0) is 12.1. The van der Waals surface area contributed by atoms with Gasteiger partial charge in [0.05, 0.1) is 5.52 Å². The molecule has 2 rings (SSSR count). The van der Waals surface area contributed by atoms with Crippen LogP contribution < -0.4 is 5.32 Å². The third-order valence-electron chi connectivity index (χ3n) is 2.20. The minimum atomic E-state index is 0.0139. The maximum absolute atomic E-state index is 8.57. The second-order valence-electron chi connectivity index (χ2n) is 3.32. The lowest BCUT2D eigenvalue weighted by Gasteiger charge is -2.01. The molecule has 80 valence electrons. The maximum Gasteiger partial charge on any atom is 0.145 e. The zero-order valence-corrected chi connectivity index (χ0v) is 8.88. The summed E-state index contributed by atoms with van der Waals surface area (Å²) in [5, 5.41) is 21.0. The summed E-state index contributed by atoms with van der Waals surface area (Å²) < 4.78 is 0. The summed E-state index contributed by atoms with van der Waals surface area (Å²) in [5.74, 6) is 0.603. The number of hydrogen-bond donors (Lipinski definition) is 1. The Kier molecular flexibility index (Phi) is 3.00. The van der Waals surface area contributed by atoms with Gasteiger partial charge in [0.15, 0.2) is 0 Å². The molecule has 0 radical (unpaired) electrons. The van der Waals surface area contributed by atoms with Gasteiger partial charge >= 0.3 is 0 Å². The Balaban J connectivity index is 2.30. The zero-order valence-electron chi connectivity index (χ0n) is 8.88. The maximum atomic E-state index is 8.57. The molecule has 0 atom stereocenters. The van der Waals surface area contributed by atoms with Crippen molar-refractivity contribution in [3.05, 3.63) is 48.2 Å². The number of para-hydroxylation sites is 1. The number of rotatable bonds is 2. The van der Waals surface area contributed by atoms with Crippen LogP contribution in [0.2, 0.25) is 0 Å². The summed E-state index contributed by atoms with van der Waals surface area (Å²) in [4.78, 5) is 4.34. The van der Waals surface area contributed by atoms with Crippen LogP contribution in [0.4, 0.5) is 5.82 Å². The van der Waals surface area contributed by atoms with E-state index in [-0.39, 0.29) is 5.57 Å². The molecule has 0 amide bonds. The number of nitriles is 2. The van der Waals surface area contributed by atoms with E-state index in [1.807, 2.05) is 30.3 Å². The molecular weight excluding hydrogens is 212 g/mol. The lowest BCUT2D eigenvalue weighted by molar-refractivity contribution is 1.36. The number of aromatic nitrogens is 1. The Morgan fingerprint density at radius 1 is 1.12 bits per heavy atom. The van der Waals surface area contributed by atoms with Crippen LogP contribution in [-0.4, -0.2) is 4.98 Å². The molecule has 0 bridgehead atoms. The van der Waals surface area contributed by atoms with Gasteiger partial charge in [0.1, 0.15) is 23.5 Å². The smallest absolute Gasteiger partial charge is 0.145 e. The second-order valence-corrected chi connectivity index (χ2v) is 3.32. The molecule has 4 nitrogen and oxygen atoms in total. The quantitative estimate of drug-likeness (QED) is 0.789. The van der Waals surface area contributed by atoms with E-state index in [0.29, 0.717) is 5.82 Å². The third kappa shape index (κ3) is 2.39. The predicted molar refractivity (Wildman–Crippen MR) is 64.7 cm³/mol. The van der Waals surface area contributed by atoms with Crippen LogP contribution in [0.3, 0.4) is 0 Å². The monoisotopic (exact) mass is 220 g/mol. The van der Waals surface area contributed by atoms with Crippen LogP contribution in [0.15, 0.2) is 48.2 Å². The molecule has 0 saturated carbocycles. The first-order chi connectivity index (χ1) is 8.33. The van der Waals surface area contributed by atoms with Crippen molar-refractivity contribution in [3.8, 4) is 12.1 Å². The molecule has 4 heteroatoms. The molecular formula is C13H8N4. The number of pyridine rings is 1. The number of fused-ring (bicyclic) bond motifs is 1. The Labute approximate surface area is 98.4 Å². The molecule has 0 saturated heterocycles. The van der Waals surface area contributed by atoms with Crippen LogP contribution >= 0.6 is 0 Å². The van der Waals surface area contributed by atoms with Gasteiger partial charge in [-0.05, 0) is 18.2 Å². The first-order valence-corrected chi connectivity index (χ1v) is 4.96. The van der Waals surface area contributed by atoms with Gasteiger partial charge in [-0.3, -0.25) is 0 Å². The van der Waals surface area contributed by atoms with Crippen LogP contribution in [0.1, 0.15) is 0 Å². The molecule has 1 N–H and O–H groups in total. The lowest BCUT2D eigenvalue weighted by atomic mass is 10.2. The Hall–Kier alpha value is -2.85. The highest BCUT2D eigenvalue weighted by atomic mass is 15.0. The van der Waals surface area contributed by atoms with Crippen molar-refractivity contribution in [1.82, 2.24) is 4.98 Å². The second kappa shape index (κ2) is 4.78. The van der Waals surface area contributed by atoms with E-state index in [4.69, 9.17) is 10.5 Å². The fourth-order valence-corrected chi connectivity index (χ4v) is 1.38. The summed E-state index contributed by atoms with van der Waals surface area (Å²) in [5.41, 5.74) is 0.876. The Morgan fingerprint density at radius 3 is 2.65 bits per heavy atom. The average molecular weight is 220 g/mol. The molecule has 1 aromatic carbocycles. The van der Waals surface area contributed by atoms with E-state index in [1.165, 1.54) is 6.20 Å². The standard InChI is InChI=1S/C13H8N4/c14-7-10(8-15)9-16-13-6-5-11-3-1-2-4-12(11)17-13/h1-6,9H,(H,16,17). The predicted octanol–water partition coefficient (Wildman–Crippen LogP) is 2.58. The fraction of sp³-hybridized carbons (Fsp3) is 0. The largest absolute Gasteiger partial charge is 0.345 e. The highest BCUT2D eigenvalue weighted by Crippen LogP contribution is 2.14. The van der Waals surface area contributed by atoms with E-state index in [9.17, 15) is 0 Å². The van der Waals surface area contributed by atoms with Crippen molar-refractivity contribution in [1.29, 1.82) is 10.5 Å². The molecule has 1 heterocycles. The van der Waals surface area contributed by atoms with Gasteiger partial charge in [0.25, 0.3) is 0 Å². The van der Waals surface area contributed by atoms with Gasteiger partial charge in [0.2, 0.25) is 0 Å². The fourth-order valence-electron chi connectivity index (χ4n) is 1.38. The van der Waals surface area contributed by atoms with Crippen LogP contribution in [0.5, 0.6) is 0 Å². The van der Waals surface area contributed by atoms with E-state index < -0.39 is 0 Å². The van der Waals surface area contributed by atoms with Crippen molar-refractivity contribution < 1.29 is 0 Å². The van der Waals surface area contributed by atoms with Gasteiger partial charge in [0, 0.05) is 11.6 Å². The third-order valence-corrected chi connectivity index (χ3v) is 2.20. The number of hydrogen-bond acceptors (Lipinski definition) is 4. The highest BCUT2D eigenvalue weighted by Gasteiger charge is 1.96. The summed E-state index contributed by atoms with van der Waals surface area (Å²) >= 11 is 0. The topological polar surface area (TPSA) is 72.5 Å². The minimum Gasteiger partial charge on any atom is -0.345 e. The molecule has 0 aliphatic rings. The lowest BCUT2D eigenvalue weighted by Crippen LogP contribution is -1.93. The summed E-state index contributed by atoms with van der Waals surface area (Å²) in [6.45, 7) is 0. The Morgan fingerprint density at radius 2 is 1.88 bits per heavy atom. The molecule has 1 aromatic heterocycles. The van der Waals surface area contributed by atoms with Gasteiger partial charge in [-0.15, -0.1) is 0 Å². The van der Waals surface area contributed by atoms with E-state index in [0.717, 1.165) is 10.9 Å². The first kappa shape index (κ1) is 10.7. The van der Waals surface area contributed by atoms with E-state index in [2.05, 4.69) is 10.3 Å². The summed E-state index contributed by atoms with van der Waals surface area (Å²) in [6, 6.07) is 15.0. The Bertz CT molecular complexity index is 643. The van der Waals surface area contributed by atoms with Gasteiger partial charge in [-0.25, -0.2) is 4.98 Å². The SMILES string of the molecule is N#CC(C#N)=CNc1ccc2ccccc2n1. The van der Waals surface area contributed by atoms with Crippen LogP contribution in [0, 0.1) is 22.7 Å². The van der Waals surface area contributed by atoms with Crippen molar-refractivity contribution >= 4 is 16.7 Å². The van der Waals surface area contributed by atoms with Gasteiger partial charge in [-0.2, -0.15) is 10.5 Å². The first-order valence-electron chi connectivity index (χ1n) is 4.96. The van der Waals surface area contributed by atoms with E-state index in [1.54, 1.807) is 18.2 Å². The van der Waals surface area contributed by atoms with Crippen molar-refractivity contribution in [3.63, 3.8) is 0 Å². The molecule has 0 spiro atoms. The number of benzene rings is 1. The highest BCUT2D eigenvalue weighted by molar-refractivity contribution is 5.80. The van der Waals surface area contributed by atoms with Gasteiger partial charge in [-0.1, -0.05) is 18.2 Å². The molecule has 2 aromatic rings. The van der Waals surface area contributed by atoms with Crippen molar-refractivity contribution in [2.24, 2.45) is 0 Å². The molecule has 0 unspecified atom stereocenters. The number of allylic oxidation sites excluding steroid dienone is 1. The number of anilines is 1. The molecule has 0 aliphatic heterocycles. The average Bonchev–Trinajstić information content (AvgIpc) is 2.40. The summed E-state index contributed by atoms with van der Waals surface area (Å²) in [7, 11) is 0. The molecule has 17 heavy (non-hydrogen) atoms. The number of nitrogens with one attached hydrogen (secondary N) is 1. The van der Waals surface area contributed by atoms with Crippen molar-refractivity contribution in [2.45, 2.75) is 0 Å². The van der Waals surface area contributed by atoms with Crippen LogP contribution in [-0.2, 0) is 0 Å². The van der Waals surface area contributed by atoms with Gasteiger partial charge < -0.3 is 5.32 Å². The number of nitrogens with zero attached hydrogens (tertiary/aromatic N) is 3.